The number of carbonyl (C=O) groups excluding carboxylic acids is 5. The third-order valence-electron chi connectivity index (χ3n) is 10.9. The Morgan fingerprint density at radius 1 is 1.01 bits per heavy atom. The number of amides is 5. The number of carbonyl (C=O) groups is 5. The van der Waals surface area contributed by atoms with E-state index in [1.807, 2.05) is 31.2 Å². The molecule has 1 saturated heterocycles. The van der Waals surface area contributed by atoms with Gasteiger partial charge < -0.3 is 36.0 Å². The molecule has 6 N–H and O–H groups in total. The molecule has 6 rings (SSSR count). The number of methoxy groups -OCH3 is 1. The normalized spacial score (nSPS) is 14.9. The number of thiophene rings is 1. The molecule has 72 heavy (non-hydrogen) atoms. The number of β-amino-alcohol motifs (C(OH)–C–C–N with tert-alkyl or cyclic N) is 1. The van der Waals surface area contributed by atoms with Gasteiger partial charge in [0, 0.05) is 55.1 Å². The quantitative estimate of drug-likeness (QED) is 0.0281. The maximum absolute atomic E-state index is 14.0. The van der Waals surface area contributed by atoms with Crippen molar-refractivity contribution < 1.29 is 47.2 Å². The lowest BCUT2D eigenvalue weighted by molar-refractivity contribution is -0.380. The third-order valence-corrected chi connectivity index (χ3v) is 14.2. The fourth-order valence-electron chi connectivity index (χ4n) is 7.21. The minimum absolute atomic E-state index is 0.0272. The minimum atomic E-state index is -4.20. The first kappa shape index (κ1) is 53.8. The van der Waals surface area contributed by atoms with E-state index in [9.17, 15) is 47.6 Å². The molecule has 21 nitrogen and oxygen atoms in total. The fourth-order valence-corrected chi connectivity index (χ4v) is 9.75. The average molecular weight is 1040 g/mol. The molecule has 1 fully saturated rings. The summed E-state index contributed by atoms with van der Waals surface area (Å²) >= 11 is 2.45. The topological polar surface area (TPSA) is 294 Å². The number of sulfonamides is 1. The second-order valence-corrected chi connectivity index (χ2v) is 21.0. The Balaban J connectivity index is 0.932. The first-order valence-corrected chi connectivity index (χ1v) is 25.5. The number of nitrogens with one attached hydrogen (secondary N) is 5. The number of ether oxygens (including phenoxy) is 1. The van der Waals surface area contributed by atoms with Crippen molar-refractivity contribution in [2.45, 2.75) is 83.0 Å². The van der Waals surface area contributed by atoms with Gasteiger partial charge in [-0.1, -0.05) is 62.3 Å². The number of benzene rings is 2. The summed E-state index contributed by atoms with van der Waals surface area (Å²) in [4.78, 5) is 91.2. The lowest BCUT2D eigenvalue weighted by atomic mass is 9.85. The molecule has 3 aromatic heterocycles. The molecular weight excluding hydrogens is 989 g/mol. The van der Waals surface area contributed by atoms with Crippen molar-refractivity contribution in [1.29, 1.82) is 0 Å². The van der Waals surface area contributed by atoms with Crippen LogP contribution in [0.15, 0.2) is 83.3 Å². The number of hydrogen-bond donors (Lipinski definition) is 6. The van der Waals surface area contributed by atoms with Crippen molar-refractivity contribution >= 4 is 84.8 Å². The van der Waals surface area contributed by atoms with E-state index in [-0.39, 0.29) is 78.3 Å². The summed E-state index contributed by atoms with van der Waals surface area (Å²) in [6, 6.07) is 13.9. The van der Waals surface area contributed by atoms with Gasteiger partial charge in [0.15, 0.2) is 0 Å². The highest BCUT2D eigenvalue weighted by molar-refractivity contribution is 7.92. The van der Waals surface area contributed by atoms with Gasteiger partial charge in [-0.05, 0) is 72.2 Å². The zero-order chi connectivity index (χ0) is 52.2. The van der Waals surface area contributed by atoms with Gasteiger partial charge in [0.25, 0.3) is 15.9 Å². The number of aliphatic hydroxyl groups excluding tert-OH is 1. The van der Waals surface area contributed by atoms with Gasteiger partial charge in [0.05, 0.1) is 51.9 Å². The van der Waals surface area contributed by atoms with Crippen LogP contribution in [0, 0.1) is 34.3 Å². The Hall–Kier alpha value is -7.59. The molecule has 0 saturated carbocycles. The zero-order valence-electron chi connectivity index (χ0n) is 39.8. The summed E-state index contributed by atoms with van der Waals surface area (Å²) in [5.74, 6) is 2.71. The van der Waals surface area contributed by atoms with Crippen LogP contribution in [-0.2, 0) is 40.5 Å². The van der Waals surface area contributed by atoms with E-state index in [4.69, 9.17) is 4.74 Å². The number of aliphatic hydroxyl groups is 1. The number of thiazole rings is 1. The lowest BCUT2D eigenvalue weighted by Crippen LogP contribution is -2.57. The highest BCUT2D eigenvalue weighted by atomic mass is 32.2. The molecule has 0 unspecified atom stereocenters. The van der Waals surface area contributed by atoms with E-state index in [0.717, 1.165) is 33.0 Å². The fraction of sp³-hybridized carbons (Fsp3) is 0.333. The van der Waals surface area contributed by atoms with Crippen LogP contribution in [0.25, 0.3) is 16.5 Å². The van der Waals surface area contributed by atoms with Gasteiger partial charge in [-0.2, -0.15) is 4.98 Å². The Morgan fingerprint density at radius 3 is 2.39 bits per heavy atom. The largest absolute Gasteiger partial charge is 0.478 e. The van der Waals surface area contributed by atoms with Gasteiger partial charge in [0.1, 0.15) is 17.8 Å². The third kappa shape index (κ3) is 14.7. The molecule has 1 aliphatic rings. The molecule has 0 bridgehead atoms. The van der Waals surface area contributed by atoms with Crippen molar-refractivity contribution in [3.8, 4) is 28.2 Å². The molecule has 24 heteroatoms. The molecule has 0 spiro atoms. The monoisotopic (exact) mass is 1040 g/mol. The Bertz CT molecular complexity index is 3010. The molecule has 0 aliphatic carbocycles. The SMILES string of the molecule is COc1nc(C#CCNC(=O)CCCC(=O)N[C@H](C(=O)N2C[C@H](O)C[C@H]2C(=O)NCc2ccc(-c3scnc3C)cc2)C(C)(C)C)cnc1NS(=O)(=O)c1ccc(NC(=O)/C=C/c2ccc([N+](=O)[O-])s2)cc1. The van der Waals surface area contributed by atoms with Crippen molar-refractivity contribution in [2.24, 2.45) is 5.41 Å². The van der Waals surface area contributed by atoms with Gasteiger partial charge in [0.2, 0.25) is 35.4 Å². The minimum Gasteiger partial charge on any atom is -0.478 e. The number of anilines is 2. The van der Waals surface area contributed by atoms with E-state index in [1.165, 1.54) is 66.8 Å². The van der Waals surface area contributed by atoms with Crippen LogP contribution < -0.4 is 30.7 Å². The van der Waals surface area contributed by atoms with E-state index in [2.05, 4.69) is 52.8 Å². The number of aromatic nitrogens is 3. The average Bonchev–Trinajstić information content (AvgIpc) is 4.11. The molecule has 378 valence electrons. The molecule has 2 aromatic carbocycles. The maximum Gasteiger partial charge on any atom is 0.324 e. The first-order valence-electron chi connectivity index (χ1n) is 22.3. The summed E-state index contributed by atoms with van der Waals surface area (Å²) in [5, 5.41) is 32.3. The van der Waals surface area contributed by atoms with Crippen LogP contribution in [0.1, 0.15) is 68.3 Å². The number of hydrogen-bond acceptors (Lipinski definition) is 16. The molecule has 5 amide bonds. The Morgan fingerprint density at radius 2 is 1.74 bits per heavy atom. The lowest BCUT2D eigenvalue weighted by Gasteiger charge is -2.35. The van der Waals surface area contributed by atoms with Crippen LogP contribution >= 0.6 is 22.7 Å². The van der Waals surface area contributed by atoms with E-state index < -0.39 is 68.1 Å². The van der Waals surface area contributed by atoms with Crippen LogP contribution in [0.2, 0.25) is 0 Å². The molecular formula is C48H52N10O11S3. The summed E-state index contributed by atoms with van der Waals surface area (Å²) < 4.78 is 33.9. The number of likely N-dealkylation sites (tertiary alicyclic amines) is 1. The summed E-state index contributed by atoms with van der Waals surface area (Å²) in [6.45, 7) is 7.34. The number of rotatable bonds is 19. The Kier molecular flexibility index (Phi) is 17.9. The van der Waals surface area contributed by atoms with Crippen LogP contribution in [0.3, 0.4) is 0 Å². The second-order valence-electron chi connectivity index (χ2n) is 17.4. The Labute approximate surface area is 423 Å². The highest BCUT2D eigenvalue weighted by Gasteiger charge is 2.44. The molecule has 5 aromatic rings. The molecule has 3 atom stereocenters. The van der Waals surface area contributed by atoms with Crippen LogP contribution in [0.4, 0.5) is 16.5 Å². The summed E-state index contributed by atoms with van der Waals surface area (Å²) in [5.41, 5.74) is 4.23. The standard InChI is InChI=1S/C48H52N10O11S3/c1-29-42(70-28-52-29)31-13-11-30(12-14-31)25-51-45(63)37-24-34(59)27-57(37)47(64)43(48(2,3)4)55-39(61)10-6-9-38(60)49-23-7-8-33-26-50-44(46(54-33)69-5)56-72(67,68)36-19-15-32(16-20-36)53-40(62)21-17-35-18-22-41(71-35)58(65)66/h11-22,26,28,34,37,43,59H,6,9-10,23-25,27H2,1-5H3,(H,49,60)(H,50,56)(H,51,63)(H,53,62)(H,55,61)/b21-17+/t34-,37+,43-/m1/s1. The van der Waals surface area contributed by atoms with Crippen molar-refractivity contribution in [3.05, 3.63) is 110 Å². The maximum atomic E-state index is 14.0. The molecule has 0 radical (unpaired) electrons. The zero-order valence-corrected chi connectivity index (χ0v) is 42.2. The van der Waals surface area contributed by atoms with Gasteiger partial charge in [-0.3, -0.25) is 38.8 Å². The second kappa shape index (κ2) is 24.0. The van der Waals surface area contributed by atoms with E-state index >= 15 is 0 Å². The summed E-state index contributed by atoms with van der Waals surface area (Å²) in [7, 11) is -2.94. The van der Waals surface area contributed by atoms with Crippen LogP contribution in [-0.4, -0.2) is 106 Å². The van der Waals surface area contributed by atoms with Crippen molar-refractivity contribution in [2.75, 3.05) is 30.2 Å². The number of nitrogens with zero attached hydrogens (tertiary/aromatic N) is 5. The van der Waals surface area contributed by atoms with Gasteiger partial charge in [-0.15, -0.1) is 11.3 Å². The molecule has 1 aliphatic heterocycles. The predicted molar refractivity (Wildman–Crippen MR) is 270 cm³/mol. The number of aryl methyl sites for hydroxylation is 1. The van der Waals surface area contributed by atoms with Crippen molar-refractivity contribution in [1.82, 2.24) is 35.8 Å². The van der Waals surface area contributed by atoms with E-state index in [0.29, 0.717) is 4.88 Å². The summed E-state index contributed by atoms with van der Waals surface area (Å²) in [6.07, 6.45) is 2.99. The first-order chi connectivity index (χ1) is 34.2. The van der Waals surface area contributed by atoms with Crippen molar-refractivity contribution in [3.63, 3.8) is 0 Å². The van der Waals surface area contributed by atoms with E-state index in [1.54, 1.807) is 37.6 Å². The van der Waals surface area contributed by atoms with Crippen LogP contribution in [0.5, 0.6) is 5.88 Å². The molecule has 4 heterocycles. The van der Waals surface area contributed by atoms with Gasteiger partial charge in [-0.25, -0.2) is 18.4 Å². The predicted octanol–water partition coefficient (Wildman–Crippen LogP) is 4.79. The van der Waals surface area contributed by atoms with Gasteiger partial charge >= 0.3 is 5.00 Å². The smallest absolute Gasteiger partial charge is 0.324 e. The number of nitro groups is 1. The highest BCUT2D eigenvalue weighted by Crippen LogP contribution is 2.30.